The van der Waals surface area contributed by atoms with Gasteiger partial charge in [-0.25, -0.2) is 10.0 Å². The molecule has 0 unspecified atom stereocenters. The van der Waals surface area contributed by atoms with Crippen molar-refractivity contribution in [3.63, 3.8) is 0 Å². The van der Waals surface area contributed by atoms with Crippen molar-refractivity contribution < 1.29 is 10.0 Å². The van der Waals surface area contributed by atoms with Gasteiger partial charge in [0.15, 0.2) is 0 Å². The van der Waals surface area contributed by atoms with Crippen LogP contribution >= 0.6 is 0 Å². The molecule has 0 atom stereocenters. The van der Waals surface area contributed by atoms with Crippen molar-refractivity contribution in [3.05, 3.63) is 65.1 Å². The Morgan fingerprint density at radius 1 is 1.29 bits per heavy atom. The molecule has 3 heterocycles. The third kappa shape index (κ3) is 2.14. The standard InChI is InChI=1S/C18H14N4O2/c19-9-12-3-1-2-4-13(12)11-21-7-5-14-15-6-8-22(24)18(23)17(15)20-10-16(14)21/h1-5,7,10,24H,6,8,11H2. The minimum Gasteiger partial charge on any atom is -0.342 e. The summed E-state index contributed by atoms with van der Waals surface area (Å²) >= 11 is 0. The highest BCUT2D eigenvalue weighted by atomic mass is 16.5. The van der Waals surface area contributed by atoms with Crippen LogP contribution in [0.5, 0.6) is 0 Å². The number of amides is 1. The molecule has 1 amide bonds. The lowest BCUT2D eigenvalue weighted by Gasteiger charge is -2.22. The lowest BCUT2D eigenvalue weighted by atomic mass is 10.0. The zero-order chi connectivity index (χ0) is 16.7. The van der Waals surface area contributed by atoms with E-state index in [9.17, 15) is 15.3 Å². The van der Waals surface area contributed by atoms with Crippen LogP contribution in [0.2, 0.25) is 0 Å². The Labute approximate surface area is 138 Å². The monoisotopic (exact) mass is 318 g/mol. The molecule has 0 radical (unpaired) electrons. The minimum absolute atomic E-state index is 0.273. The summed E-state index contributed by atoms with van der Waals surface area (Å²) in [5.41, 5.74) is 3.69. The van der Waals surface area contributed by atoms with Gasteiger partial charge in [-0.3, -0.25) is 10.0 Å². The predicted octanol–water partition coefficient (Wildman–Crippen LogP) is 2.34. The van der Waals surface area contributed by atoms with Crippen LogP contribution in [0.15, 0.2) is 42.7 Å². The van der Waals surface area contributed by atoms with Gasteiger partial charge >= 0.3 is 0 Å². The Bertz CT molecular complexity index is 1000. The Morgan fingerprint density at radius 3 is 2.96 bits per heavy atom. The van der Waals surface area contributed by atoms with Crippen LogP contribution in [0.4, 0.5) is 0 Å². The maximum atomic E-state index is 12.0. The molecule has 1 aliphatic rings. The van der Waals surface area contributed by atoms with E-state index >= 15 is 0 Å². The Balaban J connectivity index is 1.80. The fourth-order valence-corrected chi connectivity index (χ4v) is 3.18. The third-order valence-corrected chi connectivity index (χ3v) is 4.42. The van der Waals surface area contributed by atoms with Crippen LogP contribution in [-0.2, 0) is 13.0 Å². The second-order valence-corrected chi connectivity index (χ2v) is 5.78. The van der Waals surface area contributed by atoms with Gasteiger partial charge in [-0.05, 0) is 29.7 Å². The van der Waals surface area contributed by atoms with Gasteiger partial charge in [-0.1, -0.05) is 18.2 Å². The largest absolute Gasteiger partial charge is 0.342 e. The number of carbonyl (C=O) groups is 1. The van der Waals surface area contributed by atoms with Gasteiger partial charge in [-0.2, -0.15) is 5.26 Å². The highest BCUT2D eigenvalue weighted by molar-refractivity contribution is 5.99. The van der Waals surface area contributed by atoms with Crippen LogP contribution in [0, 0.1) is 11.3 Å². The molecule has 2 aromatic heterocycles. The Hall–Kier alpha value is -3.17. The molecule has 118 valence electrons. The third-order valence-electron chi connectivity index (χ3n) is 4.42. The molecule has 1 N–H and O–H groups in total. The molecule has 3 aromatic rings. The van der Waals surface area contributed by atoms with Crippen molar-refractivity contribution in [1.82, 2.24) is 14.6 Å². The van der Waals surface area contributed by atoms with Crippen molar-refractivity contribution in [3.8, 4) is 6.07 Å². The van der Waals surface area contributed by atoms with Gasteiger partial charge in [0, 0.05) is 18.1 Å². The minimum atomic E-state index is -0.458. The highest BCUT2D eigenvalue weighted by Crippen LogP contribution is 2.27. The lowest BCUT2D eigenvalue weighted by Crippen LogP contribution is -2.35. The fraction of sp³-hybridized carbons (Fsp3) is 0.167. The van der Waals surface area contributed by atoms with E-state index in [0.717, 1.165) is 22.0 Å². The van der Waals surface area contributed by atoms with Gasteiger partial charge in [0.25, 0.3) is 5.91 Å². The molecule has 0 saturated carbocycles. The number of fused-ring (bicyclic) bond motifs is 3. The van der Waals surface area contributed by atoms with Gasteiger partial charge < -0.3 is 4.57 Å². The van der Waals surface area contributed by atoms with E-state index < -0.39 is 5.91 Å². The summed E-state index contributed by atoms with van der Waals surface area (Å²) in [6, 6.07) is 11.7. The first kappa shape index (κ1) is 14.4. The molecular weight excluding hydrogens is 304 g/mol. The van der Waals surface area contributed by atoms with Gasteiger partial charge in [0.2, 0.25) is 0 Å². The first-order valence-electron chi connectivity index (χ1n) is 7.64. The zero-order valence-electron chi connectivity index (χ0n) is 12.8. The van der Waals surface area contributed by atoms with Crippen molar-refractivity contribution in [2.45, 2.75) is 13.0 Å². The predicted molar refractivity (Wildman–Crippen MR) is 86.5 cm³/mol. The average molecular weight is 318 g/mol. The smallest absolute Gasteiger partial charge is 0.296 e. The fourth-order valence-electron chi connectivity index (χ4n) is 3.18. The second-order valence-electron chi connectivity index (χ2n) is 5.78. The van der Waals surface area contributed by atoms with E-state index in [1.165, 1.54) is 0 Å². The number of hydrogen-bond acceptors (Lipinski definition) is 4. The quantitative estimate of drug-likeness (QED) is 0.735. The molecule has 1 aromatic carbocycles. The molecule has 4 rings (SSSR count). The van der Waals surface area contributed by atoms with Crippen molar-refractivity contribution >= 4 is 16.8 Å². The van der Waals surface area contributed by atoms with Crippen LogP contribution in [0.1, 0.15) is 27.2 Å². The number of pyridine rings is 1. The Morgan fingerprint density at radius 2 is 2.12 bits per heavy atom. The molecule has 6 heteroatoms. The zero-order valence-corrected chi connectivity index (χ0v) is 12.8. The normalized spacial score (nSPS) is 13.8. The molecular formula is C18H14N4O2. The van der Waals surface area contributed by atoms with Crippen molar-refractivity contribution in [2.75, 3.05) is 6.54 Å². The van der Waals surface area contributed by atoms with Gasteiger partial charge in [0.05, 0.1) is 29.9 Å². The maximum absolute atomic E-state index is 12.0. The molecule has 1 aliphatic heterocycles. The average Bonchev–Trinajstić information content (AvgIpc) is 3.02. The van der Waals surface area contributed by atoms with E-state index in [-0.39, 0.29) is 6.54 Å². The number of aromatic nitrogens is 2. The molecule has 0 saturated heterocycles. The van der Waals surface area contributed by atoms with Crippen LogP contribution in [-0.4, -0.2) is 32.3 Å². The summed E-state index contributed by atoms with van der Waals surface area (Å²) in [6.07, 6.45) is 4.16. The van der Waals surface area contributed by atoms with E-state index in [2.05, 4.69) is 11.1 Å². The van der Waals surface area contributed by atoms with E-state index in [0.29, 0.717) is 29.3 Å². The maximum Gasteiger partial charge on any atom is 0.296 e. The number of nitriles is 1. The summed E-state index contributed by atoms with van der Waals surface area (Å²) < 4.78 is 2.02. The molecule has 6 nitrogen and oxygen atoms in total. The number of nitrogens with zero attached hydrogens (tertiary/aromatic N) is 4. The topological polar surface area (TPSA) is 82.2 Å². The highest BCUT2D eigenvalue weighted by Gasteiger charge is 2.26. The van der Waals surface area contributed by atoms with Gasteiger partial charge in [0.1, 0.15) is 5.69 Å². The first-order chi connectivity index (χ1) is 11.7. The number of rotatable bonds is 2. The Kier molecular flexibility index (Phi) is 3.29. The lowest BCUT2D eigenvalue weighted by molar-refractivity contribution is -0.0606. The van der Waals surface area contributed by atoms with Crippen LogP contribution in [0.25, 0.3) is 10.9 Å². The summed E-state index contributed by atoms with van der Waals surface area (Å²) in [4.78, 5) is 16.3. The van der Waals surface area contributed by atoms with E-state index in [1.807, 2.05) is 35.0 Å². The second kappa shape index (κ2) is 5.48. The van der Waals surface area contributed by atoms with Crippen molar-refractivity contribution in [1.29, 1.82) is 5.26 Å². The molecule has 24 heavy (non-hydrogen) atoms. The van der Waals surface area contributed by atoms with Crippen molar-refractivity contribution in [2.24, 2.45) is 0 Å². The molecule has 0 aliphatic carbocycles. The summed E-state index contributed by atoms with van der Waals surface area (Å²) in [5.74, 6) is -0.458. The molecule has 0 fully saturated rings. The number of benzene rings is 1. The summed E-state index contributed by atoms with van der Waals surface area (Å²) in [7, 11) is 0. The number of hydroxylamine groups is 2. The summed E-state index contributed by atoms with van der Waals surface area (Å²) in [5, 5.41) is 20.5. The number of hydrogen-bond donors (Lipinski definition) is 1. The summed E-state index contributed by atoms with van der Waals surface area (Å²) in [6.45, 7) is 0.836. The van der Waals surface area contributed by atoms with Crippen LogP contribution < -0.4 is 0 Å². The molecule has 0 bridgehead atoms. The SMILES string of the molecule is N#Cc1ccccc1Cn1ccc2c3c(ncc21)C(=O)N(O)CC3. The van der Waals surface area contributed by atoms with Gasteiger partial charge in [-0.15, -0.1) is 0 Å². The molecule has 0 spiro atoms. The first-order valence-corrected chi connectivity index (χ1v) is 7.64. The van der Waals surface area contributed by atoms with E-state index in [4.69, 9.17) is 0 Å². The number of carbonyl (C=O) groups excluding carboxylic acids is 1. The van der Waals surface area contributed by atoms with E-state index in [1.54, 1.807) is 12.3 Å². The van der Waals surface area contributed by atoms with Crippen LogP contribution in [0.3, 0.4) is 0 Å².